The summed E-state index contributed by atoms with van der Waals surface area (Å²) in [4.78, 5) is 25.5. The van der Waals surface area contributed by atoms with Gasteiger partial charge in [-0.25, -0.2) is 0 Å². The molecule has 0 heterocycles. The van der Waals surface area contributed by atoms with Crippen LogP contribution in [0.3, 0.4) is 0 Å². The van der Waals surface area contributed by atoms with Crippen LogP contribution in [-0.4, -0.2) is 68.5 Å². The molecule has 1 amide bonds. The third kappa shape index (κ3) is 59.4. The molecule has 0 radical (unpaired) electrons. The molecule has 9 heteroatoms. The first-order valence-electron chi connectivity index (χ1n) is 31.8. The third-order valence-electron chi connectivity index (χ3n) is 14.2. The second-order valence-corrected chi connectivity index (χ2v) is 24.1. The van der Waals surface area contributed by atoms with Crippen LogP contribution in [0.25, 0.3) is 0 Å². The van der Waals surface area contributed by atoms with E-state index in [1.807, 2.05) is 27.2 Å². The summed E-state index contributed by atoms with van der Waals surface area (Å²) < 4.78 is 23.3. The maximum absolute atomic E-state index is 12.9. The van der Waals surface area contributed by atoms with Gasteiger partial charge >= 0.3 is 0 Å². The van der Waals surface area contributed by atoms with Crippen LogP contribution in [0.1, 0.15) is 290 Å². The molecule has 0 saturated carbocycles. The molecule has 8 nitrogen and oxygen atoms in total. The predicted octanol–water partition coefficient (Wildman–Crippen LogP) is 19.2. The number of aliphatic hydroxyl groups excluding tert-OH is 1. The number of aliphatic hydroxyl groups is 1. The van der Waals surface area contributed by atoms with E-state index in [0.717, 1.165) is 70.6 Å². The van der Waals surface area contributed by atoms with Gasteiger partial charge in [-0.3, -0.25) is 9.36 Å². The smallest absolute Gasteiger partial charge is 0.268 e. The van der Waals surface area contributed by atoms with Gasteiger partial charge in [-0.2, -0.15) is 0 Å². The Morgan fingerprint density at radius 2 is 0.813 bits per heavy atom. The Hall–Kier alpha value is -2.06. The average molecular weight is 1070 g/mol. The van der Waals surface area contributed by atoms with E-state index >= 15 is 0 Å². The van der Waals surface area contributed by atoms with Gasteiger partial charge in [0.05, 0.1) is 39.9 Å². The van der Waals surface area contributed by atoms with Gasteiger partial charge in [-0.1, -0.05) is 292 Å². The first-order valence-corrected chi connectivity index (χ1v) is 33.3. The summed E-state index contributed by atoms with van der Waals surface area (Å²) in [7, 11) is 1.27. The quantitative estimate of drug-likeness (QED) is 0.0272. The van der Waals surface area contributed by atoms with Crippen LogP contribution in [0.5, 0.6) is 0 Å². The highest BCUT2D eigenvalue weighted by Crippen LogP contribution is 2.38. The first kappa shape index (κ1) is 72.9. The Bertz CT molecular complexity index is 1450. The number of unbranched alkanes of at least 4 members (excludes halogenated alkanes) is 35. The van der Waals surface area contributed by atoms with Crippen molar-refractivity contribution in [2.45, 2.75) is 302 Å². The van der Waals surface area contributed by atoms with E-state index in [9.17, 15) is 19.4 Å². The van der Waals surface area contributed by atoms with Crippen molar-refractivity contribution in [2.75, 3.05) is 40.9 Å². The van der Waals surface area contributed by atoms with Crippen molar-refractivity contribution in [1.82, 2.24) is 5.32 Å². The number of rotatable bonds is 58. The molecule has 0 fully saturated rings. The number of allylic oxidation sites excluding steroid dienone is 11. The van der Waals surface area contributed by atoms with E-state index < -0.39 is 20.0 Å². The topological polar surface area (TPSA) is 108 Å². The third-order valence-corrected chi connectivity index (χ3v) is 15.1. The Balaban J connectivity index is 3.85. The number of phosphoric ester groups is 1. The van der Waals surface area contributed by atoms with Crippen molar-refractivity contribution >= 4 is 13.7 Å². The molecule has 75 heavy (non-hydrogen) atoms. The number of phosphoric acid groups is 1. The highest BCUT2D eigenvalue weighted by atomic mass is 31.2. The summed E-state index contributed by atoms with van der Waals surface area (Å²) in [6, 6.07) is -0.885. The summed E-state index contributed by atoms with van der Waals surface area (Å²) in [5.74, 6) is -0.195. The fourth-order valence-corrected chi connectivity index (χ4v) is 9.96. The number of likely N-dealkylation sites (N-methyl/N-ethyl adjacent to an activating group) is 1. The highest BCUT2D eigenvalue weighted by molar-refractivity contribution is 7.45. The SMILES string of the molecule is CC/C=C\C/C=C\C/C=C\C/C=C\C/C=C\CCCCCCCCCCCCCCCCCCCCCCCCCCCC(=O)NC(COP(=O)([O-])OCC[N+](C)(C)C)C(O)/C=C/CCCCCCCCCCCC. The molecule has 0 rings (SSSR count). The van der Waals surface area contributed by atoms with Crippen molar-refractivity contribution in [3.63, 3.8) is 0 Å². The van der Waals surface area contributed by atoms with Gasteiger partial charge < -0.3 is 28.8 Å². The molecule has 0 bridgehead atoms. The molecule has 2 N–H and O–H groups in total. The van der Waals surface area contributed by atoms with Crippen molar-refractivity contribution in [3.05, 3.63) is 72.9 Å². The van der Waals surface area contributed by atoms with Crippen LogP contribution < -0.4 is 10.2 Å². The lowest BCUT2D eigenvalue weighted by Crippen LogP contribution is -2.45. The van der Waals surface area contributed by atoms with E-state index in [0.29, 0.717) is 17.4 Å². The molecule has 0 aromatic rings. The van der Waals surface area contributed by atoms with Gasteiger partial charge in [0.15, 0.2) is 0 Å². The number of carbonyl (C=O) groups excluding carboxylic acids is 1. The van der Waals surface area contributed by atoms with E-state index in [2.05, 4.69) is 79.9 Å². The molecule has 0 saturated heterocycles. The maximum Gasteiger partial charge on any atom is 0.268 e. The second-order valence-electron chi connectivity index (χ2n) is 22.7. The van der Waals surface area contributed by atoms with Gasteiger partial charge in [-0.15, -0.1) is 0 Å². The van der Waals surface area contributed by atoms with Gasteiger partial charge in [0, 0.05) is 6.42 Å². The van der Waals surface area contributed by atoms with Crippen molar-refractivity contribution in [3.8, 4) is 0 Å². The minimum Gasteiger partial charge on any atom is -0.756 e. The van der Waals surface area contributed by atoms with E-state index in [1.54, 1.807) is 6.08 Å². The molecule has 0 spiro atoms. The van der Waals surface area contributed by atoms with Crippen molar-refractivity contribution < 1.29 is 32.9 Å². The number of nitrogens with one attached hydrogen (secondary N) is 1. The molecule has 0 aromatic heterocycles. The van der Waals surface area contributed by atoms with Crippen LogP contribution >= 0.6 is 7.82 Å². The van der Waals surface area contributed by atoms with Crippen LogP contribution in [0.4, 0.5) is 0 Å². The fraction of sp³-hybridized carbons (Fsp3) is 0.803. The molecular formula is C66H123N2O6P. The molecule has 0 aliphatic rings. The number of hydrogen-bond acceptors (Lipinski definition) is 6. The molecular weight excluding hydrogens is 948 g/mol. The fourth-order valence-electron chi connectivity index (χ4n) is 9.24. The van der Waals surface area contributed by atoms with E-state index in [-0.39, 0.29) is 19.1 Å². The highest BCUT2D eigenvalue weighted by Gasteiger charge is 2.23. The molecule has 3 unspecified atom stereocenters. The lowest BCUT2D eigenvalue weighted by atomic mass is 10.0. The summed E-state index contributed by atoms with van der Waals surface area (Å²) in [6.07, 6.45) is 78.8. The Morgan fingerprint density at radius 1 is 0.480 bits per heavy atom. The molecule has 438 valence electrons. The summed E-state index contributed by atoms with van der Waals surface area (Å²) in [5.41, 5.74) is 0. The first-order chi connectivity index (χ1) is 36.5. The molecule has 0 aliphatic carbocycles. The van der Waals surface area contributed by atoms with Crippen LogP contribution in [-0.2, 0) is 18.4 Å². The van der Waals surface area contributed by atoms with Crippen molar-refractivity contribution in [1.29, 1.82) is 0 Å². The molecule has 3 atom stereocenters. The second kappa shape index (κ2) is 56.7. The lowest BCUT2D eigenvalue weighted by Gasteiger charge is -2.29. The number of quaternary nitrogens is 1. The monoisotopic (exact) mass is 1070 g/mol. The zero-order chi connectivity index (χ0) is 54.9. The van der Waals surface area contributed by atoms with Crippen molar-refractivity contribution in [2.24, 2.45) is 0 Å². The Labute approximate surface area is 465 Å². The average Bonchev–Trinajstić information content (AvgIpc) is 3.37. The zero-order valence-electron chi connectivity index (χ0n) is 50.0. The molecule has 0 aliphatic heterocycles. The number of amides is 1. The number of carbonyl (C=O) groups is 1. The van der Waals surface area contributed by atoms with Crippen LogP contribution in [0.2, 0.25) is 0 Å². The normalized spacial score (nSPS) is 14.3. The number of hydrogen-bond donors (Lipinski definition) is 2. The van der Waals surface area contributed by atoms with Gasteiger partial charge in [0.2, 0.25) is 5.91 Å². The minimum atomic E-state index is -4.59. The summed E-state index contributed by atoms with van der Waals surface area (Å²) in [6.45, 7) is 4.54. The lowest BCUT2D eigenvalue weighted by molar-refractivity contribution is -0.870. The van der Waals surface area contributed by atoms with Crippen LogP contribution in [0.15, 0.2) is 72.9 Å². The zero-order valence-corrected chi connectivity index (χ0v) is 50.9. The van der Waals surface area contributed by atoms with Gasteiger partial charge in [0.1, 0.15) is 13.2 Å². The van der Waals surface area contributed by atoms with Crippen LogP contribution in [0, 0.1) is 0 Å². The maximum atomic E-state index is 12.9. The summed E-state index contributed by atoms with van der Waals surface area (Å²) >= 11 is 0. The van der Waals surface area contributed by atoms with Gasteiger partial charge in [-0.05, 0) is 64.2 Å². The Morgan fingerprint density at radius 3 is 1.19 bits per heavy atom. The predicted molar refractivity (Wildman–Crippen MR) is 325 cm³/mol. The largest absolute Gasteiger partial charge is 0.756 e. The standard InChI is InChI=1S/C66H123N2O6P/c1-6-8-10-12-14-16-18-20-21-22-23-24-25-26-27-28-29-30-31-32-33-34-35-36-37-38-39-40-41-42-43-44-45-46-47-48-50-52-54-56-58-60-66(70)67-64(63-74-75(71,72)73-62-61-68(3,4)5)65(69)59-57-55-53-51-49-19-17-15-13-11-9-7-2/h8,10,14,16,20-21,23-24,26-27,57,59,64-65,69H,6-7,9,11-13,15,17-19,22,25,28-56,58,60-63H2,1-5H3,(H-,67,70,71,72)/b10-8-,16-14-,21-20-,24-23-,27-26-,59-57+. The molecule has 0 aromatic carbocycles. The summed E-state index contributed by atoms with van der Waals surface area (Å²) in [5, 5.41) is 13.8. The van der Waals surface area contributed by atoms with Gasteiger partial charge in [0.25, 0.3) is 7.82 Å². The number of nitrogens with zero attached hydrogens (tertiary/aromatic N) is 1. The van der Waals surface area contributed by atoms with E-state index in [4.69, 9.17) is 9.05 Å². The minimum absolute atomic E-state index is 0.000451. The Kier molecular flexibility index (Phi) is 55.1. The van der Waals surface area contributed by atoms with E-state index in [1.165, 1.54) is 199 Å².